The molecule has 2 nitrogen and oxygen atoms in total. The maximum Gasteiger partial charge on any atom is 0.137 e. The van der Waals surface area contributed by atoms with Gasteiger partial charge in [0, 0.05) is 18.8 Å². The minimum atomic E-state index is -0.236. The Balaban J connectivity index is 1.97. The van der Waals surface area contributed by atoms with Crippen LogP contribution in [0.15, 0.2) is 47.1 Å². The normalized spacial score (nSPS) is 12.4. The van der Waals surface area contributed by atoms with Crippen molar-refractivity contribution in [2.24, 2.45) is 0 Å². The fourth-order valence-corrected chi connectivity index (χ4v) is 1.90. The predicted octanol–water partition coefficient (Wildman–Crippen LogP) is 3.83. The number of hydrogen-bond acceptors (Lipinski definition) is 2. The highest BCUT2D eigenvalue weighted by atomic mass is 79.9. The van der Waals surface area contributed by atoms with E-state index in [9.17, 15) is 4.39 Å². The van der Waals surface area contributed by atoms with Crippen LogP contribution in [-0.2, 0) is 6.54 Å². The van der Waals surface area contributed by atoms with Gasteiger partial charge in [-0.3, -0.25) is 4.98 Å². The smallest absolute Gasteiger partial charge is 0.137 e. The molecule has 2 aromatic rings. The fourth-order valence-electron chi connectivity index (χ4n) is 1.66. The monoisotopic (exact) mass is 308 g/mol. The quantitative estimate of drug-likeness (QED) is 0.928. The van der Waals surface area contributed by atoms with E-state index in [2.05, 4.69) is 26.2 Å². The van der Waals surface area contributed by atoms with Gasteiger partial charge in [-0.15, -0.1) is 0 Å². The molecule has 2 rings (SSSR count). The SMILES string of the molecule is C[C@H](NCc1ccc(Br)c(F)c1)c1ccccn1. The first-order chi connectivity index (χ1) is 8.66. The Morgan fingerprint density at radius 1 is 1.33 bits per heavy atom. The van der Waals surface area contributed by atoms with Crippen molar-refractivity contribution in [3.8, 4) is 0 Å². The molecule has 0 spiro atoms. The van der Waals surface area contributed by atoms with E-state index < -0.39 is 0 Å². The second-order valence-electron chi connectivity index (χ2n) is 4.11. The molecule has 94 valence electrons. The lowest BCUT2D eigenvalue weighted by atomic mass is 10.2. The van der Waals surface area contributed by atoms with E-state index in [1.54, 1.807) is 12.3 Å². The lowest BCUT2D eigenvalue weighted by Crippen LogP contribution is -2.19. The highest BCUT2D eigenvalue weighted by molar-refractivity contribution is 9.10. The van der Waals surface area contributed by atoms with Crippen molar-refractivity contribution in [3.05, 3.63) is 64.1 Å². The number of rotatable bonds is 4. The molecule has 0 amide bonds. The minimum absolute atomic E-state index is 0.137. The number of nitrogens with one attached hydrogen (secondary N) is 1. The Morgan fingerprint density at radius 3 is 2.83 bits per heavy atom. The van der Waals surface area contributed by atoms with Crippen LogP contribution in [0.1, 0.15) is 24.2 Å². The summed E-state index contributed by atoms with van der Waals surface area (Å²) in [6.07, 6.45) is 1.77. The van der Waals surface area contributed by atoms with Crippen LogP contribution in [0, 0.1) is 5.82 Å². The second-order valence-corrected chi connectivity index (χ2v) is 4.96. The molecule has 0 aliphatic heterocycles. The molecule has 0 fully saturated rings. The van der Waals surface area contributed by atoms with Crippen molar-refractivity contribution in [1.82, 2.24) is 10.3 Å². The van der Waals surface area contributed by atoms with Crippen LogP contribution < -0.4 is 5.32 Å². The third-order valence-electron chi connectivity index (χ3n) is 2.73. The van der Waals surface area contributed by atoms with E-state index in [0.717, 1.165) is 11.3 Å². The highest BCUT2D eigenvalue weighted by Gasteiger charge is 2.06. The van der Waals surface area contributed by atoms with Crippen molar-refractivity contribution in [2.75, 3.05) is 0 Å². The summed E-state index contributed by atoms with van der Waals surface area (Å²) in [7, 11) is 0. The second kappa shape index (κ2) is 6.07. The van der Waals surface area contributed by atoms with E-state index in [4.69, 9.17) is 0 Å². The van der Waals surface area contributed by atoms with Crippen LogP contribution in [0.3, 0.4) is 0 Å². The third kappa shape index (κ3) is 3.37. The van der Waals surface area contributed by atoms with Crippen LogP contribution >= 0.6 is 15.9 Å². The maximum atomic E-state index is 13.3. The zero-order chi connectivity index (χ0) is 13.0. The van der Waals surface area contributed by atoms with Gasteiger partial charge in [0.15, 0.2) is 0 Å². The lowest BCUT2D eigenvalue weighted by molar-refractivity contribution is 0.557. The molecule has 1 aromatic carbocycles. The summed E-state index contributed by atoms with van der Waals surface area (Å²) in [6, 6.07) is 11.1. The van der Waals surface area contributed by atoms with E-state index >= 15 is 0 Å². The van der Waals surface area contributed by atoms with Gasteiger partial charge < -0.3 is 5.32 Å². The molecule has 1 atom stereocenters. The first-order valence-electron chi connectivity index (χ1n) is 5.75. The molecular weight excluding hydrogens is 295 g/mol. The molecule has 0 saturated carbocycles. The number of pyridine rings is 1. The van der Waals surface area contributed by atoms with Crippen molar-refractivity contribution >= 4 is 15.9 Å². The summed E-state index contributed by atoms with van der Waals surface area (Å²) in [6.45, 7) is 2.65. The molecule has 0 bridgehead atoms. The number of nitrogens with zero attached hydrogens (tertiary/aromatic N) is 1. The van der Waals surface area contributed by atoms with Crippen molar-refractivity contribution in [1.29, 1.82) is 0 Å². The van der Waals surface area contributed by atoms with E-state index in [0.29, 0.717) is 11.0 Å². The van der Waals surface area contributed by atoms with Gasteiger partial charge in [0.1, 0.15) is 5.82 Å². The molecule has 18 heavy (non-hydrogen) atoms. The average Bonchev–Trinajstić information content (AvgIpc) is 2.41. The molecule has 1 heterocycles. The number of benzene rings is 1. The van der Waals surface area contributed by atoms with E-state index in [-0.39, 0.29) is 11.9 Å². The van der Waals surface area contributed by atoms with Crippen LogP contribution in [-0.4, -0.2) is 4.98 Å². The maximum absolute atomic E-state index is 13.3. The Hall–Kier alpha value is -1.26. The van der Waals surface area contributed by atoms with Gasteiger partial charge in [-0.05, 0) is 52.7 Å². The van der Waals surface area contributed by atoms with Gasteiger partial charge in [0.2, 0.25) is 0 Å². The largest absolute Gasteiger partial charge is 0.305 e. The van der Waals surface area contributed by atoms with Crippen LogP contribution in [0.2, 0.25) is 0 Å². The van der Waals surface area contributed by atoms with Crippen LogP contribution in [0.25, 0.3) is 0 Å². The van der Waals surface area contributed by atoms with Crippen LogP contribution in [0.4, 0.5) is 4.39 Å². The molecule has 1 aromatic heterocycles. The van der Waals surface area contributed by atoms with Gasteiger partial charge in [0.25, 0.3) is 0 Å². The summed E-state index contributed by atoms with van der Waals surface area (Å²) < 4.78 is 13.8. The Labute approximate surface area is 114 Å². The summed E-state index contributed by atoms with van der Waals surface area (Å²) in [4.78, 5) is 4.28. The van der Waals surface area contributed by atoms with Gasteiger partial charge in [0.05, 0.1) is 10.2 Å². The summed E-state index contributed by atoms with van der Waals surface area (Å²) in [5, 5.41) is 3.32. The molecule has 0 radical (unpaired) electrons. The van der Waals surface area contributed by atoms with Gasteiger partial charge in [-0.1, -0.05) is 12.1 Å². The molecule has 4 heteroatoms. The van der Waals surface area contributed by atoms with Crippen LogP contribution in [0.5, 0.6) is 0 Å². The number of hydrogen-bond donors (Lipinski definition) is 1. The lowest BCUT2D eigenvalue weighted by Gasteiger charge is -2.13. The minimum Gasteiger partial charge on any atom is -0.305 e. The standard InChI is InChI=1S/C14H14BrFN2/c1-10(14-4-2-3-7-17-14)18-9-11-5-6-12(15)13(16)8-11/h2-8,10,18H,9H2,1H3/t10-/m0/s1. The highest BCUT2D eigenvalue weighted by Crippen LogP contribution is 2.17. The molecule has 0 aliphatic carbocycles. The van der Waals surface area contributed by atoms with Gasteiger partial charge >= 0.3 is 0 Å². The van der Waals surface area contributed by atoms with Crippen molar-refractivity contribution in [2.45, 2.75) is 19.5 Å². The van der Waals surface area contributed by atoms with Crippen molar-refractivity contribution < 1.29 is 4.39 Å². The van der Waals surface area contributed by atoms with E-state index in [1.807, 2.05) is 31.2 Å². The first-order valence-corrected chi connectivity index (χ1v) is 6.54. The summed E-state index contributed by atoms with van der Waals surface area (Å²) >= 11 is 3.14. The number of halogens is 2. The van der Waals surface area contributed by atoms with Gasteiger partial charge in [-0.25, -0.2) is 4.39 Å². The van der Waals surface area contributed by atoms with E-state index in [1.165, 1.54) is 6.07 Å². The molecule has 0 aliphatic rings. The van der Waals surface area contributed by atoms with Crippen molar-refractivity contribution in [3.63, 3.8) is 0 Å². The zero-order valence-corrected chi connectivity index (χ0v) is 11.6. The Bertz CT molecular complexity index is 516. The molecule has 0 saturated heterocycles. The first kappa shape index (κ1) is 13.2. The average molecular weight is 309 g/mol. The zero-order valence-electron chi connectivity index (χ0n) is 10.0. The topological polar surface area (TPSA) is 24.9 Å². The Kier molecular flexibility index (Phi) is 4.44. The Morgan fingerprint density at radius 2 is 2.17 bits per heavy atom. The predicted molar refractivity (Wildman–Crippen MR) is 73.6 cm³/mol. The number of aromatic nitrogens is 1. The summed E-state index contributed by atoms with van der Waals surface area (Å²) in [5.74, 6) is -0.236. The molecular formula is C14H14BrFN2. The third-order valence-corrected chi connectivity index (χ3v) is 3.37. The van der Waals surface area contributed by atoms with Gasteiger partial charge in [-0.2, -0.15) is 0 Å². The molecule has 0 unspecified atom stereocenters. The fraction of sp³-hybridized carbons (Fsp3) is 0.214. The molecule has 1 N–H and O–H groups in total. The summed E-state index contributed by atoms with van der Waals surface area (Å²) in [5.41, 5.74) is 1.90.